The smallest absolute Gasteiger partial charge is 0.195 e. The molecule has 2 N–H and O–H groups in total. The molecule has 0 saturated heterocycles. The Labute approximate surface area is 99.1 Å². The van der Waals surface area contributed by atoms with E-state index in [-0.39, 0.29) is 11.5 Å². The number of carbonyl (C=O) groups excluding carboxylic acids is 1. The van der Waals surface area contributed by atoms with Crippen LogP contribution in [0.1, 0.15) is 21.5 Å². The number of para-hydroxylation sites is 1. The average molecular weight is 222 g/mol. The number of carbonyl (C=O) groups is 1. The van der Waals surface area contributed by atoms with E-state index in [0.29, 0.717) is 16.7 Å². The number of nitriles is 1. The Morgan fingerprint density at radius 2 is 1.76 bits per heavy atom. The maximum atomic E-state index is 12.1. The van der Waals surface area contributed by atoms with E-state index in [1.165, 1.54) is 0 Å². The molecule has 0 heterocycles. The highest BCUT2D eigenvalue weighted by Gasteiger charge is 2.13. The Hall–Kier alpha value is -2.60. The van der Waals surface area contributed by atoms with E-state index in [1.807, 2.05) is 12.1 Å². The molecule has 0 amide bonds. The fourth-order valence-corrected chi connectivity index (χ4v) is 1.61. The largest absolute Gasteiger partial charge is 0.397 e. The van der Waals surface area contributed by atoms with Gasteiger partial charge in [0.25, 0.3) is 0 Å². The zero-order chi connectivity index (χ0) is 12.3. The minimum absolute atomic E-state index is 0.166. The number of rotatable bonds is 2. The Bertz CT molecular complexity index is 597. The molecule has 0 aliphatic heterocycles. The third kappa shape index (κ3) is 2.01. The van der Waals surface area contributed by atoms with Crippen molar-refractivity contribution < 1.29 is 4.79 Å². The van der Waals surface area contributed by atoms with Crippen LogP contribution in [-0.4, -0.2) is 5.78 Å². The zero-order valence-corrected chi connectivity index (χ0v) is 9.05. The van der Waals surface area contributed by atoms with Crippen molar-refractivity contribution >= 4 is 11.5 Å². The Morgan fingerprint density at radius 1 is 1.06 bits per heavy atom. The summed E-state index contributed by atoms with van der Waals surface area (Å²) in [4.78, 5) is 12.1. The van der Waals surface area contributed by atoms with Gasteiger partial charge in [-0.2, -0.15) is 5.26 Å². The van der Waals surface area contributed by atoms with E-state index in [0.717, 1.165) is 0 Å². The average Bonchev–Trinajstić information content (AvgIpc) is 2.39. The maximum absolute atomic E-state index is 12.1. The van der Waals surface area contributed by atoms with Gasteiger partial charge in [0.2, 0.25) is 0 Å². The van der Waals surface area contributed by atoms with Gasteiger partial charge in [0.05, 0.1) is 11.3 Å². The number of nitrogens with zero attached hydrogens (tertiary/aromatic N) is 1. The molecule has 0 radical (unpaired) electrons. The predicted octanol–water partition coefficient (Wildman–Crippen LogP) is 2.37. The van der Waals surface area contributed by atoms with Crippen LogP contribution in [0.25, 0.3) is 0 Å². The van der Waals surface area contributed by atoms with Crippen molar-refractivity contribution in [3.8, 4) is 6.07 Å². The molecule has 0 unspecified atom stereocenters. The summed E-state index contributed by atoms with van der Waals surface area (Å²) in [6, 6.07) is 15.7. The molecule has 0 aliphatic rings. The van der Waals surface area contributed by atoms with E-state index in [1.54, 1.807) is 42.5 Å². The highest BCUT2D eigenvalue weighted by Crippen LogP contribution is 2.20. The van der Waals surface area contributed by atoms with Gasteiger partial charge in [-0.15, -0.1) is 0 Å². The SMILES string of the molecule is N#Cc1cccc(C(=O)c2ccccc2)c1N. The van der Waals surface area contributed by atoms with Crippen molar-refractivity contribution in [3.05, 3.63) is 65.2 Å². The van der Waals surface area contributed by atoms with Gasteiger partial charge in [0.15, 0.2) is 5.78 Å². The lowest BCUT2D eigenvalue weighted by molar-refractivity contribution is 0.103. The van der Waals surface area contributed by atoms with Gasteiger partial charge in [-0.3, -0.25) is 4.79 Å². The molecular weight excluding hydrogens is 212 g/mol. The van der Waals surface area contributed by atoms with Crippen molar-refractivity contribution in [2.24, 2.45) is 0 Å². The number of benzene rings is 2. The van der Waals surface area contributed by atoms with Gasteiger partial charge >= 0.3 is 0 Å². The quantitative estimate of drug-likeness (QED) is 0.626. The molecule has 82 valence electrons. The lowest BCUT2D eigenvalue weighted by Gasteiger charge is -2.05. The Kier molecular flexibility index (Phi) is 2.89. The van der Waals surface area contributed by atoms with Crippen LogP contribution in [0.3, 0.4) is 0 Å². The molecule has 0 atom stereocenters. The summed E-state index contributed by atoms with van der Waals surface area (Å²) >= 11 is 0. The first-order chi connectivity index (χ1) is 8.24. The van der Waals surface area contributed by atoms with Crippen LogP contribution < -0.4 is 5.73 Å². The van der Waals surface area contributed by atoms with Crippen LogP contribution in [0.15, 0.2) is 48.5 Å². The molecule has 2 aromatic carbocycles. The number of ketones is 1. The maximum Gasteiger partial charge on any atom is 0.195 e. The van der Waals surface area contributed by atoms with Crippen LogP contribution >= 0.6 is 0 Å². The summed E-state index contributed by atoms with van der Waals surface area (Å²) in [6.07, 6.45) is 0. The second kappa shape index (κ2) is 4.50. The molecule has 0 bridgehead atoms. The van der Waals surface area contributed by atoms with Crippen molar-refractivity contribution in [1.29, 1.82) is 5.26 Å². The number of hydrogen-bond acceptors (Lipinski definition) is 3. The van der Waals surface area contributed by atoms with Crippen molar-refractivity contribution in [1.82, 2.24) is 0 Å². The van der Waals surface area contributed by atoms with Crippen LogP contribution in [0.5, 0.6) is 0 Å². The third-order valence-corrected chi connectivity index (χ3v) is 2.51. The molecule has 3 heteroatoms. The minimum atomic E-state index is -0.166. The van der Waals surface area contributed by atoms with E-state index in [4.69, 9.17) is 11.0 Å². The molecule has 2 aromatic rings. The molecule has 3 nitrogen and oxygen atoms in total. The molecule has 0 aliphatic carbocycles. The fraction of sp³-hybridized carbons (Fsp3) is 0. The number of hydrogen-bond donors (Lipinski definition) is 1. The first kappa shape index (κ1) is 10.9. The first-order valence-electron chi connectivity index (χ1n) is 5.12. The summed E-state index contributed by atoms with van der Waals surface area (Å²) in [5, 5.41) is 8.85. The monoisotopic (exact) mass is 222 g/mol. The lowest BCUT2D eigenvalue weighted by Crippen LogP contribution is -2.06. The highest BCUT2D eigenvalue weighted by atomic mass is 16.1. The van der Waals surface area contributed by atoms with E-state index in [2.05, 4.69) is 0 Å². The van der Waals surface area contributed by atoms with Crippen molar-refractivity contribution in [3.63, 3.8) is 0 Å². The first-order valence-corrected chi connectivity index (χ1v) is 5.12. The number of nitrogen functional groups attached to an aromatic ring is 1. The van der Waals surface area contributed by atoms with Gasteiger partial charge in [0.1, 0.15) is 6.07 Å². The lowest BCUT2D eigenvalue weighted by atomic mass is 9.99. The summed E-state index contributed by atoms with van der Waals surface area (Å²) < 4.78 is 0. The highest BCUT2D eigenvalue weighted by molar-refractivity contribution is 6.12. The molecule has 0 spiro atoms. The Balaban J connectivity index is 2.50. The van der Waals surface area contributed by atoms with Crippen LogP contribution in [0.2, 0.25) is 0 Å². The Morgan fingerprint density at radius 3 is 2.41 bits per heavy atom. The van der Waals surface area contributed by atoms with E-state index in [9.17, 15) is 4.79 Å². The molecule has 0 saturated carbocycles. The summed E-state index contributed by atoms with van der Waals surface area (Å²) in [5.74, 6) is -0.166. The van der Waals surface area contributed by atoms with Crippen molar-refractivity contribution in [2.75, 3.05) is 5.73 Å². The van der Waals surface area contributed by atoms with Crippen molar-refractivity contribution in [2.45, 2.75) is 0 Å². The molecule has 0 fully saturated rings. The van der Waals surface area contributed by atoms with E-state index < -0.39 is 0 Å². The third-order valence-electron chi connectivity index (χ3n) is 2.51. The van der Waals surface area contributed by atoms with Crippen LogP contribution in [-0.2, 0) is 0 Å². The normalized spacial score (nSPS) is 9.59. The predicted molar refractivity (Wildman–Crippen MR) is 65.4 cm³/mol. The molecule has 2 rings (SSSR count). The minimum Gasteiger partial charge on any atom is -0.397 e. The zero-order valence-electron chi connectivity index (χ0n) is 9.05. The summed E-state index contributed by atoms with van der Waals surface area (Å²) in [7, 11) is 0. The summed E-state index contributed by atoms with van der Waals surface area (Å²) in [6.45, 7) is 0. The van der Waals surface area contributed by atoms with E-state index >= 15 is 0 Å². The van der Waals surface area contributed by atoms with Crippen LogP contribution in [0, 0.1) is 11.3 Å². The van der Waals surface area contributed by atoms with Gasteiger partial charge in [-0.05, 0) is 12.1 Å². The fourth-order valence-electron chi connectivity index (χ4n) is 1.61. The number of nitrogens with two attached hydrogens (primary N) is 1. The second-order valence-electron chi connectivity index (χ2n) is 3.57. The summed E-state index contributed by atoms with van der Waals surface area (Å²) in [5.41, 5.74) is 7.29. The van der Waals surface area contributed by atoms with Gasteiger partial charge < -0.3 is 5.73 Å². The standard InChI is InChI=1S/C14H10N2O/c15-9-11-7-4-8-12(13(11)16)14(17)10-5-2-1-3-6-10/h1-8H,16H2. The number of anilines is 1. The molecule has 0 aromatic heterocycles. The molecular formula is C14H10N2O. The van der Waals surface area contributed by atoms with Gasteiger partial charge in [-0.1, -0.05) is 36.4 Å². The topological polar surface area (TPSA) is 66.9 Å². The van der Waals surface area contributed by atoms with Gasteiger partial charge in [-0.25, -0.2) is 0 Å². The van der Waals surface area contributed by atoms with Gasteiger partial charge in [0, 0.05) is 11.1 Å². The van der Waals surface area contributed by atoms with Crippen LogP contribution in [0.4, 0.5) is 5.69 Å². The second-order valence-corrected chi connectivity index (χ2v) is 3.57. The molecule has 17 heavy (non-hydrogen) atoms.